The van der Waals surface area contributed by atoms with Gasteiger partial charge in [-0.15, -0.1) is 0 Å². The second-order valence-corrected chi connectivity index (χ2v) is 11.3. The van der Waals surface area contributed by atoms with Gasteiger partial charge in [0.2, 0.25) is 0 Å². The predicted molar refractivity (Wildman–Crippen MR) is 166 cm³/mol. The van der Waals surface area contributed by atoms with E-state index in [9.17, 15) is 14.0 Å². The number of nitrogens with zero attached hydrogens (tertiary/aromatic N) is 4. The molecular formula is C33H35FN4O4S. The number of rotatable bonds is 8. The average Bonchev–Trinajstić information content (AvgIpc) is 3.46. The highest BCUT2D eigenvalue weighted by atomic mass is 32.1. The number of ether oxygens (including phenoxy) is 2. The highest BCUT2D eigenvalue weighted by molar-refractivity contribution is 7.07. The third kappa shape index (κ3) is 5.31. The number of amides is 1. The Morgan fingerprint density at radius 2 is 1.74 bits per heavy atom. The van der Waals surface area contributed by atoms with Crippen LogP contribution in [0.25, 0.3) is 11.8 Å². The lowest BCUT2D eigenvalue weighted by molar-refractivity contribution is -0.127. The van der Waals surface area contributed by atoms with Crippen LogP contribution in [0.1, 0.15) is 49.3 Å². The molecule has 0 spiro atoms. The maximum atomic E-state index is 14.3. The minimum absolute atomic E-state index is 0.182. The van der Waals surface area contributed by atoms with Crippen LogP contribution >= 0.6 is 11.3 Å². The van der Waals surface area contributed by atoms with E-state index in [1.54, 1.807) is 48.0 Å². The lowest BCUT2D eigenvalue weighted by Gasteiger charge is -2.30. The Labute approximate surface area is 253 Å². The number of likely N-dealkylation sites (N-methyl/N-ethyl adjacent to an activating group) is 1. The van der Waals surface area contributed by atoms with Gasteiger partial charge in [-0.25, -0.2) is 9.38 Å². The Morgan fingerprint density at radius 3 is 2.37 bits per heavy atom. The van der Waals surface area contributed by atoms with Gasteiger partial charge in [0.1, 0.15) is 23.4 Å². The molecule has 0 N–H and O–H groups in total. The van der Waals surface area contributed by atoms with Crippen LogP contribution in [0.15, 0.2) is 69.6 Å². The van der Waals surface area contributed by atoms with Crippen molar-refractivity contribution in [3.63, 3.8) is 0 Å². The fourth-order valence-electron chi connectivity index (χ4n) is 5.69. The van der Waals surface area contributed by atoms with Gasteiger partial charge in [-0.05, 0) is 94.8 Å². The number of hydrogen-bond acceptors (Lipinski definition) is 6. The second kappa shape index (κ2) is 12.0. The zero-order valence-corrected chi connectivity index (χ0v) is 26.2. The first-order chi connectivity index (χ1) is 20.6. The number of methoxy groups -OCH3 is 2. The van der Waals surface area contributed by atoms with Crippen molar-refractivity contribution in [2.45, 2.75) is 40.7 Å². The number of hydrogen-bond donors (Lipinski definition) is 0. The number of thiazole rings is 1. The van der Waals surface area contributed by atoms with E-state index in [4.69, 9.17) is 14.5 Å². The van der Waals surface area contributed by atoms with Gasteiger partial charge in [0.25, 0.3) is 11.5 Å². The Balaban J connectivity index is 1.74. The predicted octanol–water partition coefficient (Wildman–Crippen LogP) is 4.67. The zero-order chi connectivity index (χ0) is 31.0. The van der Waals surface area contributed by atoms with Crippen molar-refractivity contribution in [1.82, 2.24) is 14.0 Å². The van der Waals surface area contributed by atoms with E-state index in [0.29, 0.717) is 50.8 Å². The summed E-state index contributed by atoms with van der Waals surface area (Å²) in [5.41, 5.74) is 4.89. The standard InChI is InChI=1S/C33H35FN4O4S/c1-8-36(9-2)32(40)29-20(4)35-33-38(30(29)26-18-25(41-6)14-15-27(26)42-7)31(39)28(43-33)17-22-16-19(3)37(21(22)5)24-12-10-23(34)11-13-24/h10-18,30H,8-9H2,1-7H3/b28-17+/t30-/m0/s1. The molecule has 2 aromatic heterocycles. The maximum Gasteiger partial charge on any atom is 0.271 e. The molecule has 0 radical (unpaired) electrons. The number of aromatic nitrogens is 2. The fraction of sp³-hybridized carbons (Fsp3) is 0.303. The zero-order valence-electron chi connectivity index (χ0n) is 25.4. The first-order valence-corrected chi connectivity index (χ1v) is 14.9. The molecule has 43 heavy (non-hydrogen) atoms. The van der Waals surface area contributed by atoms with E-state index in [2.05, 4.69) is 0 Å². The summed E-state index contributed by atoms with van der Waals surface area (Å²) in [5.74, 6) is 0.625. The van der Waals surface area contributed by atoms with Crippen molar-refractivity contribution in [2.24, 2.45) is 4.99 Å². The third-order valence-corrected chi connectivity index (χ3v) is 8.86. The van der Waals surface area contributed by atoms with Crippen LogP contribution in [0.5, 0.6) is 11.5 Å². The van der Waals surface area contributed by atoms with Gasteiger partial charge >= 0.3 is 0 Å². The Hall–Kier alpha value is -4.44. The first kappa shape index (κ1) is 30.0. The minimum Gasteiger partial charge on any atom is -0.497 e. The lowest BCUT2D eigenvalue weighted by Crippen LogP contribution is -2.43. The maximum absolute atomic E-state index is 14.3. The number of halogens is 1. The summed E-state index contributed by atoms with van der Waals surface area (Å²) in [6.07, 6.45) is 1.86. The van der Waals surface area contributed by atoms with E-state index < -0.39 is 6.04 Å². The summed E-state index contributed by atoms with van der Waals surface area (Å²) in [7, 11) is 3.14. The number of allylic oxidation sites excluding steroid dienone is 1. The largest absolute Gasteiger partial charge is 0.497 e. The SMILES string of the molecule is CCN(CC)C(=O)C1=C(C)N=c2s/c(=C/c3cc(C)n(-c4ccc(F)cc4)c3C)c(=O)n2[C@H]1c1cc(OC)ccc1OC. The van der Waals surface area contributed by atoms with Crippen molar-refractivity contribution in [3.8, 4) is 17.2 Å². The van der Waals surface area contributed by atoms with E-state index >= 15 is 0 Å². The molecule has 0 bridgehead atoms. The molecule has 10 heteroatoms. The number of carbonyl (C=O) groups is 1. The Morgan fingerprint density at radius 1 is 1.05 bits per heavy atom. The van der Waals surface area contributed by atoms with Gasteiger partial charge in [0, 0.05) is 35.7 Å². The molecule has 3 heterocycles. The second-order valence-electron chi connectivity index (χ2n) is 10.3. The summed E-state index contributed by atoms with van der Waals surface area (Å²) < 4.78 is 28.9. The molecular weight excluding hydrogens is 567 g/mol. The monoisotopic (exact) mass is 602 g/mol. The van der Waals surface area contributed by atoms with Crippen LogP contribution in [0.4, 0.5) is 4.39 Å². The molecule has 4 aromatic rings. The normalized spacial score (nSPS) is 14.9. The molecule has 1 aliphatic rings. The highest BCUT2D eigenvalue weighted by Crippen LogP contribution is 2.38. The van der Waals surface area contributed by atoms with E-state index in [1.165, 1.54) is 23.5 Å². The third-order valence-electron chi connectivity index (χ3n) is 7.88. The van der Waals surface area contributed by atoms with Crippen molar-refractivity contribution >= 4 is 23.3 Å². The summed E-state index contributed by atoms with van der Waals surface area (Å²) in [6.45, 7) is 10.6. The summed E-state index contributed by atoms with van der Waals surface area (Å²) in [4.78, 5) is 35.2. The quantitative estimate of drug-likeness (QED) is 0.294. The molecule has 0 aliphatic carbocycles. The smallest absolute Gasteiger partial charge is 0.271 e. The summed E-state index contributed by atoms with van der Waals surface area (Å²) in [6, 6.07) is 12.9. The molecule has 2 aromatic carbocycles. The molecule has 1 aliphatic heterocycles. The van der Waals surface area contributed by atoms with Gasteiger partial charge in [-0.2, -0.15) is 0 Å². The van der Waals surface area contributed by atoms with Crippen LogP contribution in [0.3, 0.4) is 0 Å². The molecule has 5 rings (SSSR count). The molecule has 0 saturated carbocycles. The van der Waals surface area contributed by atoms with Crippen molar-refractivity contribution in [2.75, 3.05) is 27.3 Å². The van der Waals surface area contributed by atoms with Crippen LogP contribution in [-0.4, -0.2) is 47.3 Å². The van der Waals surface area contributed by atoms with Gasteiger partial charge in [0.15, 0.2) is 4.80 Å². The molecule has 1 atom stereocenters. The van der Waals surface area contributed by atoms with Gasteiger partial charge in [-0.1, -0.05) is 11.3 Å². The molecule has 1 amide bonds. The Kier molecular flexibility index (Phi) is 8.41. The number of benzene rings is 2. The fourth-order valence-corrected chi connectivity index (χ4v) is 6.72. The minimum atomic E-state index is -0.775. The highest BCUT2D eigenvalue weighted by Gasteiger charge is 2.36. The molecule has 0 saturated heterocycles. The molecule has 224 valence electrons. The lowest BCUT2D eigenvalue weighted by atomic mass is 9.93. The molecule has 8 nitrogen and oxygen atoms in total. The van der Waals surface area contributed by atoms with Crippen LogP contribution in [0.2, 0.25) is 0 Å². The van der Waals surface area contributed by atoms with Gasteiger partial charge in [0.05, 0.1) is 30.0 Å². The number of carbonyl (C=O) groups excluding carboxylic acids is 1. The van der Waals surface area contributed by atoms with Crippen molar-refractivity contribution in [3.05, 3.63) is 108 Å². The first-order valence-electron chi connectivity index (χ1n) is 14.1. The van der Waals surface area contributed by atoms with Crippen LogP contribution < -0.4 is 24.4 Å². The van der Waals surface area contributed by atoms with Crippen molar-refractivity contribution in [1.29, 1.82) is 0 Å². The van der Waals surface area contributed by atoms with Gasteiger partial charge in [-0.3, -0.25) is 14.2 Å². The van der Waals surface area contributed by atoms with Crippen molar-refractivity contribution < 1.29 is 18.7 Å². The number of aryl methyl sites for hydroxylation is 1. The van der Waals surface area contributed by atoms with E-state index in [1.807, 2.05) is 57.4 Å². The Bertz CT molecular complexity index is 1910. The molecule has 0 unspecified atom stereocenters. The summed E-state index contributed by atoms with van der Waals surface area (Å²) >= 11 is 1.28. The summed E-state index contributed by atoms with van der Waals surface area (Å²) in [5, 5.41) is 0. The topological polar surface area (TPSA) is 78.1 Å². The van der Waals surface area contributed by atoms with E-state index in [0.717, 1.165) is 22.6 Å². The van der Waals surface area contributed by atoms with Gasteiger partial charge < -0.3 is 18.9 Å². The molecule has 0 fully saturated rings. The van der Waals surface area contributed by atoms with E-state index in [-0.39, 0.29) is 17.3 Å². The number of fused-ring (bicyclic) bond motifs is 1. The van der Waals surface area contributed by atoms with Crippen LogP contribution in [0, 0.1) is 19.7 Å². The van der Waals surface area contributed by atoms with Crippen LogP contribution in [-0.2, 0) is 4.79 Å². The average molecular weight is 603 g/mol.